The molecule has 0 radical (unpaired) electrons. The van der Waals surface area contributed by atoms with E-state index in [2.05, 4.69) is 20.4 Å². The third kappa shape index (κ3) is 4.89. The van der Waals surface area contributed by atoms with Crippen molar-refractivity contribution in [2.24, 2.45) is 5.92 Å². The molecule has 1 N–H and O–H groups in total. The van der Waals surface area contributed by atoms with Crippen molar-refractivity contribution in [3.63, 3.8) is 0 Å². The zero-order valence-electron chi connectivity index (χ0n) is 17.2. The maximum Gasteiger partial charge on any atom is 0.257 e. The van der Waals surface area contributed by atoms with Crippen molar-refractivity contribution in [3.8, 4) is 11.5 Å². The lowest BCUT2D eigenvalue weighted by Gasteiger charge is -2.31. The average Bonchev–Trinajstić information content (AvgIpc) is 3.19. The summed E-state index contributed by atoms with van der Waals surface area (Å²) in [5.74, 6) is 1.05. The van der Waals surface area contributed by atoms with Crippen LogP contribution in [0.5, 0.6) is 0 Å². The van der Waals surface area contributed by atoms with Crippen LogP contribution in [0, 0.1) is 19.8 Å². The summed E-state index contributed by atoms with van der Waals surface area (Å²) in [6.07, 6.45) is 1.80. The van der Waals surface area contributed by atoms with Gasteiger partial charge in [0.2, 0.25) is 5.91 Å². The Morgan fingerprint density at radius 3 is 2.73 bits per heavy atom. The van der Waals surface area contributed by atoms with Crippen LogP contribution in [0.15, 0.2) is 47.0 Å². The van der Waals surface area contributed by atoms with Crippen LogP contribution in [0.1, 0.15) is 29.8 Å². The van der Waals surface area contributed by atoms with Crippen LogP contribution in [0.25, 0.3) is 11.5 Å². The summed E-state index contributed by atoms with van der Waals surface area (Å²) in [6, 6.07) is 13.6. The van der Waals surface area contributed by atoms with Gasteiger partial charge in [-0.15, -0.1) is 0 Å². The first kappa shape index (κ1) is 20.6. The molecule has 4 rings (SSSR count). The van der Waals surface area contributed by atoms with Gasteiger partial charge in [-0.1, -0.05) is 40.5 Å². The number of halogens is 1. The largest absolute Gasteiger partial charge is 0.334 e. The van der Waals surface area contributed by atoms with Gasteiger partial charge in [0.15, 0.2) is 5.82 Å². The molecule has 1 amide bonds. The Bertz CT molecular complexity index is 1030. The molecule has 1 aliphatic heterocycles. The maximum atomic E-state index is 12.8. The number of nitrogens with one attached hydrogen (secondary N) is 1. The predicted octanol–water partition coefficient (Wildman–Crippen LogP) is 4.86. The summed E-state index contributed by atoms with van der Waals surface area (Å²) >= 11 is 6.26. The molecule has 0 unspecified atom stereocenters. The lowest BCUT2D eigenvalue weighted by atomic mass is 9.97. The number of aromatic nitrogens is 2. The lowest BCUT2D eigenvalue weighted by Crippen LogP contribution is -2.40. The van der Waals surface area contributed by atoms with Crippen LogP contribution in [0.4, 0.5) is 5.69 Å². The summed E-state index contributed by atoms with van der Waals surface area (Å²) in [4.78, 5) is 19.5. The summed E-state index contributed by atoms with van der Waals surface area (Å²) in [7, 11) is 0. The quantitative estimate of drug-likeness (QED) is 0.633. The number of amides is 1. The number of benzene rings is 2. The van der Waals surface area contributed by atoms with Gasteiger partial charge in [-0.25, -0.2) is 0 Å². The van der Waals surface area contributed by atoms with Gasteiger partial charge in [0.05, 0.1) is 23.2 Å². The molecule has 156 valence electrons. The molecule has 7 heteroatoms. The number of piperidine rings is 1. The molecule has 2 heterocycles. The van der Waals surface area contributed by atoms with E-state index in [1.165, 1.54) is 5.56 Å². The molecule has 2 aromatic carbocycles. The van der Waals surface area contributed by atoms with Crippen molar-refractivity contribution < 1.29 is 9.32 Å². The van der Waals surface area contributed by atoms with E-state index in [0.29, 0.717) is 35.5 Å². The molecule has 1 fully saturated rings. The van der Waals surface area contributed by atoms with E-state index < -0.39 is 0 Å². The molecule has 1 atom stereocenters. The van der Waals surface area contributed by atoms with E-state index >= 15 is 0 Å². The fraction of sp³-hybridized carbons (Fsp3) is 0.348. The zero-order chi connectivity index (χ0) is 21.1. The molecule has 1 aliphatic rings. The molecule has 1 aromatic heterocycles. The minimum absolute atomic E-state index is 0.00101. The number of hydrogen-bond acceptors (Lipinski definition) is 5. The number of nitrogens with zero attached hydrogens (tertiary/aromatic N) is 3. The Labute approximate surface area is 181 Å². The fourth-order valence-corrected chi connectivity index (χ4v) is 3.98. The van der Waals surface area contributed by atoms with Crippen LogP contribution < -0.4 is 5.32 Å². The number of anilines is 1. The molecular formula is C23H25ClN4O2. The Morgan fingerprint density at radius 1 is 1.20 bits per heavy atom. The highest BCUT2D eigenvalue weighted by Gasteiger charge is 2.27. The topological polar surface area (TPSA) is 71.3 Å². The standard InChI is InChI=1S/C23H25ClN4O2/c1-15-5-8-17(9-6-15)23-26-21(27-30-23)14-28-11-3-4-18(13-28)22(29)25-20-10-7-16(2)12-19(20)24/h5-10,12,18H,3-4,11,13-14H2,1-2H3,(H,25,29)/t18-/m1/s1. The van der Waals surface area contributed by atoms with Crippen molar-refractivity contribution in [2.45, 2.75) is 33.2 Å². The predicted molar refractivity (Wildman–Crippen MR) is 117 cm³/mol. The molecule has 0 spiro atoms. The van der Waals surface area contributed by atoms with Gasteiger partial charge in [0, 0.05) is 12.1 Å². The SMILES string of the molecule is Cc1ccc(-c2nc(CN3CCC[C@@H](C(=O)Nc4ccc(C)cc4Cl)C3)no2)cc1. The van der Waals surface area contributed by atoms with Crippen LogP contribution >= 0.6 is 11.6 Å². The normalized spacial score (nSPS) is 17.1. The van der Waals surface area contributed by atoms with E-state index in [-0.39, 0.29) is 11.8 Å². The number of likely N-dealkylation sites (tertiary alicyclic amines) is 1. The summed E-state index contributed by atoms with van der Waals surface area (Å²) in [5.41, 5.74) is 3.81. The molecule has 0 bridgehead atoms. The van der Waals surface area contributed by atoms with Crippen LogP contribution in [-0.2, 0) is 11.3 Å². The second-order valence-corrected chi connectivity index (χ2v) is 8.34. The highest BCUT2D eigenvalue weighted by atomic mass is 35.5. The highest BCUT2D eigenvalue weighted by Crippen LogP contribution is 2.26. The molecule has 1 saturated heterocycles. The number of hydrogen-bond donors (Lipinski definition) is 1. The number of carbonyl (C=O) groups excluding carboxylic acids is 1. The number of rotatable bonds is 5. The van der Waals surface area contributed by atoms with Gasteiger partial charge in [-0.2, -0.15) is 4.98 Å². The zero-order valence-corrected chi connectivity index (χ0v) is 17.9. The Kier molecular flexibility index (Phi) is 6.16. The monoisotopic (exact) mass is 424 g/mol. The van der Waals surface area contributed by atoms with Crippen molar-refractivity contribution in [3.05, 3.63) is 64.4 Å². The Morgan fingerprint density at radius 2 is 1.97 bits per heavy atom. The van der Waals surface area contributed by atoms with Crippen molar-refractivity contribution in [1.82, 2.24) is 15.0 Å². The molecule has 0 aliphatic carbocycles. The van der Waals surface area contributed by atoms with E-state index in [1.807, 2.05) is 56.3 Å². The minimum Gasteiger partial charge on any atom is -0.334 e. The van der Waals surface area contributed by atoms with Crippen LogP contribution in [0.3, 0.4) is 0 Å². The first-order valence-corrected chi connectivity index (χ1v) is 10.5. The second kappa shape index (κ2) is 8.98. The minimum atomic E-state index is -0.0976. The maximum absolute atomic E-state index is 12.8. The van der Waals surface area contributed by atoms with Gasteiger partial charge in [0.25, 0.3) is 5.89 Å². The fourth-order valence-electron chi connectivity index (χ4n) is 3.70. The van der Waals surface area contributed by atoms with Crippen molar-refractivity contribution >= 4 is 23.2 Å². The number of aryl methyl sites for hydroxylation is 2. The second-order valence-electron chi connectivity index (χ2n) is 7.93. The van der Waals surface area contributed by atoms with E-state index in [1.54, 1.807) is 0 Å². The summed E-state index contributed by atoms with van der Waals surface area (Å²) in [6.45, 7) is 6.13. The first-order chi connectivity index (χ1) is 14.5. The van der Waals surface area contributed by atoms with Crippen LogP contribution in [-0.4, -0.2) is 34.0 Å². The van der Waals surface area contributed by atoms with Gasteiger partial charge < -0.3 is 9.84 Å². The third-order valence-electron chi connectivity index (χ3n) is 5.39. The third-order valence-corrected chi connectivity index (χ3v) is 5.70. The first-order valence-electron chi connectivity index (χ1n) is 10.2. The highest BCUT2D eigenvalue weighted by molar-refractivity contribution is 6.33. The summed E-state index contributed by atoms with van der Waals surface area (Å²) in [5, 5.41) is 7.66. The molecule has 30 heavy (non-hydrogen) atoms. The summed E-state index contributed by atoms with van der Waals surface area (Å²) < 4.78 is 5.43. The van der Waals surface area contributed by atoms with E-state index in [9.17, 15) is 4.79 Å². The average molecular weight is 425 g/mol. The molecule has 3 aromatic rings. The van der Waals surface area contributed by atoms with Gasteiger partial charge in [0.1, 0.15) is 0 Å². The molecule has 6 nitrogen and oxygen atoms in total. The smallest absolute Gasteiger partial charge is 0.257 e. The van der Waals surface area contributed by atoms with Gasteiger partial charge in [-0.3, -0.25) is 9.69 Å². The number of carbonyl (C=O) groups is 1. The van der Waals surface area contributed by atoms with E-state index in [4.69, 9.17) is 16.1 Å². The molecular weight excluding hydrogens is 400 g/mol. The van der Waals surface area contributed by atoms with Gasteiger partial charge >= 0.3 is 0 Å². The van der Waals surface area contributed by atoms with E-state index in [0.717, 1.165) is 30.5 Å². The Balaban J connectivity index is 1.37. The van der Waals surface area contributed by atoms with Gasteiger partial charge in [-0.05, 0) is 63.1 Å². The lowest BCUT2D eigenvalue weighted by molar-refractivity contribution is -0.121. The molecule has 0 saturated carbocycles. The van der Waals surface area contributed by atoms with Crippen molar-refractivity contribution in [1.29, 1.82) is 0 Å². The van der Waals surface area contributed by atoms with Crippen LogP contribution in [0.2, 0.25) is 5.02 Å². The van der Waals surface area contributed by atoms with Crippen molar-refractivity contribution in [2.75, 3.05) is 18.4 Å². The Hall–Kier alpha value is -2.70.